The van der Waals surface area contributed by atoms with Crippen molar-refractivity contribution in [3.8, 4) is 5.75 Å². The van der Waals surface area contributed by atoms with E-state index in [-0.39, 0.29) is 0 Å². The summed E-state index contributed by atoms with van der Waals surface area (Å²) in [6.07, 6.45) is 1.50. The average molecular weight is 454 g/mol. The maximum atomic E-state index is 12.3. The van der Waals surface area contributed by atoms with E-state index in [1.807, 2.05) is 44.2 Å². The fourth-order valence-electron chi connectivity index (χ4n) is 3.97. The molecule has 7 nitrogen and oxygen atoms in total. The highest BCUT2D eigenvalue weighted by atomic mass is 35.5. The van der Waals surface area contributed by atoms with Crippen molar-refractivity contribution in [3.63, 3.8) is 0 Å². The lowest BCUT2D eigenvalue weighted by molar-refractivity contribution is 0.100. The first-order valence-corrected chi connectivity index (χ1v) is 11.1. The van der Waals surface area contributed by atoms with E-state index in [4.69, 9.17) is 22.1 Å². The molecule has 0 saturated carbocycles. The molecule has 32 heavy (non-hydrogen) atoms. The number of carbonyl (C=O) groups is 1. The number of rotatable bonds is 6. The molecule has 1 aliphatic rings. The van der Waals surface area contributed by atoms with Crippen LogP contribution < -0.4 is 20.7 Å². The molecule has 4 rings (SSSR count). The summed E-state index contributed by atoms with van der Waals surface area (Å²) in [6.45, 7) is 8.16. The monoisotopic (exact) mass is 453 g/mol. The highest BCUT2D eigenvalue weighted by Gasteiger charge is 2.22. The van der Waals surface area contributed by atoms with Crippen molar-refractivity contribution >= 4 is 45.5 Å². The molecule has 2 aromatic carbocycles. The maximum absolute atomic E-state index is 12.3. The van der Waals surface area contributed by atoms with Crippen LogP contribution in [0.25, 0.3) is 10.9 Å². The topological polar surface area (TPSA) is 83.7 Å². The Kier molecular flexibility index (Phi) is 6.39. The number of ether oxygens (including phenoxy) is 1. The second kappa shape index (κ2) is 9.22. The zero-order chi connectivity index (χ0) is 22.8. The molecule has 1 aliphatic heterocycles. The van der Waals surface area contributed by atoms with Gasteiger partial charge in [0.25, 0.3) is 5.91 Å². The molecule has 8 heteroatoms. The molecule has 2 heterocycles. The Hall–Kier alpha value is -3.03. The fraction of sp³-hybridized carbons (Fsp3) is 0.333. The zero-order valence-electron chi connectivity index (χ0n) is 18.6. The van der Waals surface area contributed by atoms with Gasteiger partial charge in [-0.25, -0.2) is 0 Å². The summed E-state index contributed by atoms with van der Waals surface area (Å²) in [4.78, 5) is 21.4. The number of hydrogen-bond acceptors (Lipinski definition) is 6. The highest BCUT2D eigenvalue weighted by Crippen LogP contribution is 2.39. The Morgan fingerprint density at radius 2 is 2.00 bits per heavy atom. The number of pyridine rings is 1. The second-order valence-electron chi connectivity index (χ2n) is 8.03. The van der Waals surface area contributed by atoms with Crippen LogP contribution in [-0.4, -0.2) is 55.6 Å². The average Bonchev–Trinajstić information content (AvgIpc) is 2.77. The SMILES string of the molecule is CCOc1cc2ncc(C(N)=O)c(Nc3cccc(C)c3Cl)c2cc1N1CCN(C)CC1. The van der Waals surface area contributed by atoms with E-state index in [0.717, 1.165) is 48.6 Å². The lowest BCUT2D eigenvalue weighted by Gasteiger charge is -2.35. The third kappa shape index (κ3) is 4.31. The van der Waals surface area contributed by atoms with Gasteiger partial charge in [0.2, 0.25) is 0 Å². The van der Waals surface area contributed by atoms with E-state index >= 15 is 0 Å². The van der Waals surface area contributed by atoms with Crippen LogP contribution in [0.1, 0.15) is 22.8 Å². The minimum Gasteiger partial charge on any atom is -0.492 e. The first-order valence-electron chi connectivity index (χ1n) is 10.7. The normalized spacial score (nSPS) is 14.6. The van der Waals surface area contributed by atoms with Crippen molar-refractivity contribution in [2.75, 3.05) is 50.1 Å². The summed E-state index contributed by atoms with van der Waals surface area (Å²) in [5.41, 5.74) is 9.94. The predicted molar refractivity (Wildman–Crippen MR) is 131 cm³/mol. The number of benzene rings is 2. The van der Waals surface area contributed by atoms with E-state index in [2.05, 4.69) is 27.1 Å². The number of anilines is 3. The van der Waals surface area contributed by atoms with Crippen LogP contribution in [0.2, 0.25) is 5.02 Å². The highest BCUT2D eigenvalue weighted by molar-refractivity contribution is 6.34. The van der Waals surface area contributed by atoms with Gasteiger partial charge in [-0.3, -0.25) is 9.78 Å². The van der Waals surface area contributed by atoms with Crippen LogP contribution in [0, 0.1) is 6.92 Å². The number of primary amides is 1. The van der Waals surface area contributed by atoms with Crippen LogP contribution in [0.4, 0.5) is 17.1 Å². The van der Waals surface area contributed by atoms with E-state index in [9.17, 15) is 4.79 Å². The molecule has 0 spiro atoms. The Bertz CT molecular complexity index is 1160. The lowest BCUT2D eigenvalue weighted by Crippen LogP contribution is -2.44. The third-order valence-electron chi connectivity index (χ3n) is 5.81. The summed E-state index contributed by atoms with van der Waals surface area (Å²) < 4.78 is 5.97. The van der Waals surface area contributed by atoms with E-state index in [0.29, 0.717) is 34.1 Å². The Balaban J connectivity index is 1.90. The number of piperazine rings is 1. The maximum Gasteiger partial charge on any atom is 0.252 e. The second-order valence-corrected chi connectivity index (χ2v) is 8.41. The standard InChI is InChI=1S/C24H28ClN5O2/c1-4-32-21-13-19-16(12-20(21)30-10-8-29(3)9-11-30)23(17(14-27-19)24(26)31)28-18-7-5-6-15(2)22(18)25/h5-7,12-14H,4,8-11H2,1-3H3,(H2,26,31)(H,27,28). The number of amides is 1. The molecular weight excluding hydrogens is 426 g/mol. The molecule has 1 amide bonds. The Morgan fingerprint density at radius 3 is 2.69 bits per heavy atom. The van der Waals surface area contributed by atoms with Gasteiger partial charge >= 0.3 is 0 Å². The lowest BCUT2D eigenvalue weighted by atomic mass is 10.1. The molecule has 0 unspecified atom stereocenters. The van der Waals surface area contributed by atoms with Gasteiger partial charge in [-0.05, 0) is 38.6 Å². The number of nitrogens with two attached hydrogens (primary N) is 1. The van der Waals surface area contributed by atoms with E-state index in [1.165, 1.54) is 6.20 Å². The quantitative estimate of drug-likeness (QED) is 0.582. The van der Waals surface area contributed by atoms with Gasteiger partial charge in [-0.2, -0.15) is 0 Å². The molecular formula is C24H28ClN5O2. The largest absolute Gasteiger partial charge is 0.492 e. The van der Waals surface area contributed by atoms with Gasteiger partial charge in [0.05, 0.1) is 39.8 Å². The molecule has 168 valence electrons. The first kappa shape index (κ1) is 22.2. The molecule has 1 aromatic heterocycles. The van der Waals surface area contributed by atoms with Crippen LogP contribution in [-0.2, 0) is 0 Å². The van der Waals surface area contributed by atoms with Crippen molar-refractivity contribution in [2.24, 2.45) is 5.73 Å². The summed E-state index contributed by atoms with van der Waals surface area (Å²) in [5.74, 6) is 0.226. The summed E-state index contributed by atoms with van der Waals surface area (Å²) in [6, 6.07) is 9.70. The predicted octanol–water partition coefficient (Wildman–Crippen LogP) is 4.19. The van der Waals surface area contributed by atoms with Gasteiger partial charge in [-0.1, -0.05) is 23.7 Å². The first-order chi connectivity index (χ1) is 15.4. The zero-order valence-corrected chi connectivity index (χ0v) is 19.4. The van der Waals surface area contributed by atoms with Gasteiger partial charge in [0, 0.05) is 43.8 Å². The minimum absolute atomic E-state index is 0.309. The number of aryl methyl sites for hydroxylation is 1. The van der Waals surface area contributed by atoms with Crippen LogP contribution >= 0.6 is 11.6 Å². The summed E-state index contributed by atoms with van der Waals surface area (Å²) in [7, 11) is 2.12. The van der Waals surface area contributed by atoms with Crippen molar-refractivity contribution in [2.45, 2.75) is 13.8 Å². The van der Waals surface area contributed by atoms with Crippen molar-refractivity contribution in [1.29, 1.82) is 0 Å². The van der Waals surface area contributed by atoms with Gasteiger partial charge in [-0.15, -0.1) is 0 Å². The Labute approximate surface area is 193 Å². The van der Waals surface area contributed by atoms with E-state index < -0.39 is 5.91 Å². The van der Waals surface area contributed by atoms with Crippen molar-refractivity contribution in [3.05, 3.63) is 52.7 Å². The van der Waals surface area contributed by atoms with Gasteiger partial charge in [0.1, 0.15) is 5.75 Å². The summed E-state index contributed by atoms with van der Waals surface area (Å²) in [5, 5.41) is 4.74. The van der Waals surface area contributed by atoms with Crippen LogP contribution in [0.15, 0.2) is 36.5 Å². The number of likely N-dealkylation sites (N-methyl/N-ethyl adjacent to an activating group) is 1. The molecule has 1 fully saturated rings. The number of hydrogen-bond donors (Lipinski definition) is 2. The number of fused-ring (bicyclic) bond motifs is 1. The van der Waals surface area contributed by atoms with E-state index in [1.54, 1.807) is 0 Å². The van der Waals surface area contributed by atoms with Gasteiger partial charge in [0.15, 0.2) is 0 Å². The minimum atomic E-state index is -0.555. The fourth-order valence-corrected chi connectivity index (χ4v) is 4.15. The molecule has 0 radical (unpaired) electrons. The number of nitrogens with zero attached hydrogens (tertiary/aromatic N) is 3. The molecule has 3 N–H and O–H groups in total. The molecule has 0 bridgehead atoms. The molecule has 0 atom stereocenters. The van der Waals surface area contributed by atoms with Gasteiger partial charge < -0.3 is 25.6 Å². The third-order valence-corrected chi connectivity index (χ3v) is 6.31. The number of nitrogens with one attached hydrogen (secondary N) is 1. The van der Waals surface area contributed by atoms with Crippen LogP contribution in [0.5, 0.6) is 5.75 Å². The molecule has 0 aliphatic carbocycles. The molecule has 3 aromatic rings. The molecule has 1 saturated heterocycles. The van der Waals surface area contributed by atoms with Crippen molar-refractivity contribution in [1.82, 2.24) is 9.88 Å². The Morgan fingerprint density at radius 1 is 1.25 bits per heavy atom. The number of carbonyl (C=O) groups excluding carboxylic acids is 1. The summed E-state index contributed by atoms with van der Waals surface area (Å²) >= 11 is 6.53. The van der Waals surface area contributed by atoms with Crippen LogP contribution in [0.3, 0.4) is 0 Å². The smallest absolute Gasteiger partial charge is 0.252 e. The number of aromatic nitrogens is 1. The van der Waals surface area contributed by atoms with Crippen molar-refractivity contribution < 1.29 is 9.53 Å². The number of halogens is 1.